The van der Waals surface area contributed by atoms with Gasteiger partial charge < -0.3 is 10.2 Å². The molecule has 23 heavy (non-hydrogen) atoms. The first-order valence-electron chi connectivity index (χ1n) is 7.60. The quantitative estimate of drug-likeness (QED) is 0.855. The zero-order chi connectivity index (χ0) is 16.1. The summed E-state index contributed by atoms with van der Waals surface area (Å²) in [6.07, 6.45) is 1.49. The van der Waals surface area contributed by atoms with Crippen LogP contribution < -0.4 is 10.2 Å². The monoisotopic (exact) mass is 326 g/mol. The van der Waals surface area contributed by atoms with Crippen molar-refractivity contribution < 1.29 is 9.59 Å². The highest BCUT2D eigenvalue weighted by atomic mass is 32.2. The number of nitrogens with zero attached hydrogens (tertiary/aromatic N) is 1. The van der Waals surface area contributed by atoms with Gasteiger partial charge >= 0.3 is 0 Å². The van der Waals surface area contributed by atoms with E-state index >= 15 is 0 Å². The lowest BCUT2D eigenvalue weighted by Crippen LogP contribution is -2.23. The number of benzene rings is 2. The summed E-state index contributed by atoms with van der Waals surface area (Å²) in [6, 6.07) is 17.3. The second kappa shape index (κ2) is 7.33. The lowest BCUT2D eigenvalue weighted by Gasteiger charge is -2.16. The van der Waals surface area contributed by atoms with Crippen molar-refractivity contribution in [3.63, 3.8) is 0 Å². The van der Waals surface area contributed by atoms with Crippen LogP contribution in [-0.4, -0.2) is 24.1 Å². The Balaban J connectivity index is 1.59. The third kappa shape index (κ3) is 4.13. The van der Waals surface area contributed by atoms with Crippen LogP contribution in [0.3, 0.4) is 0 Å². The van der Waals surface area contributed by atoms with Gasteiger partial charge in [0.1, 0.15) is 0 Å². The van der Waals surface area contributed by atoms with Crippen LogP contribution in [0.1, 0.15) is 12.8 Å². The summed E-state index contributed by atoms with van der Waals surface area (Å²) in [6.45, 7) is 0.750. The number of amides is 2. The zero-order valence-corrected chi connectivity index (χ0v) is 13.5. The van der Waals surface area contributed by atoms with Crippen molar-refractivity contribution in [1.29, 1.82) is 0 Å². The van der Waals surface area contributed by atoms with Gasteiger partial charge in [-0.25, -0.2) is 0 Å². The van der Waals surface area contributed by atoms with Gasteiger partial charge in [0.15, 0.2) is 0 Å². The normalized spacial score (nSPS) is 14.1. The molecule has 0 aliphatic carbocycles. The maximum absolute atomic E-state index is 12.1. The molecule has 0 atom stereocenters. The summed E-state index contributed by atoms with van der Waals surface area (Å²) >= 11 is 1.50. The van der Waals surface area contributed by atoms with E-state index in [-0.39, 0.29) is 11.8 Å². The molecule has 1 saturated heterocycles. The second-order valence-corrected chi connectivity index (χ2v) is 6.40. The molecule has 0 radical (unpaired) electrons. The number of nitrogens with one attached hydrogen (secondary N) is 1. The maximum Gasteiger partial charge on any atom is 0.234 e. The SMILES string of the molecule is O=C(CSc1ccccc1)Nc1cccc(N2CCCC2=O)c1. The van der Waals surface area contributed by atoms with E-state index in [9.17, 15) is 9.59 Å². The Morgan fingerprint density at radius 3 is 2.70 bits per heavy atom. The number of carbonyl (C=O) groups excluding carboxylic acids is 2. The van der Waals surface area contributed by atoms with E-state index < -0.39 is 0 Å². The molecule has 3 rings (SSSR count). The second-order valence-electron chi connectivity index (χ2n) is 5.35. The number of carbonyl (C=O) groups is 2. The summed E-state index contributed by atoms with van der Waals surface area (Å²) in [5.74, 6) is 0.452. The van der Waals surface area contributed by atoms with Gasteiger partial charge in [0.05, 0.1) is 5.75 Å². The van der Waals surface area contributed by atoms with E-state index in [1.807, 2.05) is 54.6 Å². The largest absolute Gasteiger partial charge is 0.325 e. The van der Waals surface area contributed by atoms with Gasteiger partial charge in [-0.1, -0.05) is 24.3 Å². The number of hydrogen-bond acceptors (Lipinski definition) is 3. The molecule has 0 spiro atoms. The Labute approximate surface area is 139 Å². The Kier molecular flexibility index (Phi) is 4.98. The molecule has 2 amide bonds. The molecule has 1 fully saturated rings. The van der Waals surface area contributed by atoms with Gasteiger partial charge in [-0.3, -0.25) is 9.59 Å². The highest BCUT2D eigenvalue weighted by Crippen LogP contribution is 2.24. The Bertz CT molecular complexity index is 703. The number of anilines is 2. The van der Waals surface area contributed by atoms with Crippen LogP contribution in [0.25, 0.3) is 0 Å². The topological polar surface area (TPSA) is 49.4 Å². The summed E-state index contributed by atoms with van der Waals surface area (Å²) in [4.78, 5) is 26.7. The highest BCUT2D eigenvalue weighted by molar-refractivity contribution is 8.00. The smallest absolute Gasteiger partial charge is 0.234 e. The van der Waals surface area contributed by atoms with Gasteiger partial charge in [0, 0.05) is 29.2 Å². The van der Waals surface area contributed by atoms with Crippen molar-refractivity contribution in [3.05, 3.63) is 54.6 Å². The minimum atomic E-state index is -0.0521. The molecular formula is C18H18N2O2S. The molecule has 0 unspecified atom stereocenters. The Hall–Kier alpha value is -2.27. The summed E-state index contributed by atoms with van der Waals surface area (Å²) in [5, 5.41) is 2.89. The Morgan fingerprint density at radius 2 is 1.96 bits per heavy atom. The fourth-order valence-corrected chi connectivity index (χ4v) is 3.25. The van der Waals surface area contributed by atoms with Gasteiger partial charge in [-0.2, -0.15) is 0 Å². The molecular weight excluding hydrogens is 308 g/mol. The molecule has 5 heteroatoms. The molecule has 2 aromatic carbocycles. The third-order valence-corrected chi connectivity index (χ3v) is 4.64. The molecule has 1 heterocycles. The van der Waals surface area contributed by atoms with Gasteiger partial charge in [-0.15, -0.1) is 11.8 Å². The van der Waals surface area contributed by atoms with Crippen LogP contribution >= 0.6 is 11.8 Å². The van der Waals surface area contributed by atoms with Crippen molar-refractivity contribution in [2.24, 2.45) is 0 Å². The van der Waals surface area contributed by atoms with E-state index in [1.54, 1.807) is 4.90 Å². The van der Waals surface area contributed by atoms with Crippen molar-refractivity contribution in [3.8, 4) is 0 Å². The first-order valence-corrected chi connectivity index (χ1v) is 8.59. The standard InChI is InChI=1S/C18H18N2O2S/c21-17(13-23-16-8-2-1-3-9-16)19-14-6-4-7-15(12-14)20-11-5-10-18(20)22/h1-4,6-9,12H,5,10-11,13H2,(H,19,21). The van der Waals surface area contributed by atoms with Gasteiger partial charge in [0.25, 0.3) is 0 Å². The molecule has 4 nitrogen and oxygen atoms in total. The van der Waals surface area contributed by atoms with Crippen molar-refractivity contribution >= 4 is 35.0 Å². The zero-order valence-electron chi connectivity index (χ0n) is 12.7. The molecule has 118 valence electrons. The van der Waals surface area contributed by atoms with Crippen LogP contribution in [-0.2, 0) is 9.59 Å². The van der Waals surface area contributed by atoms with Crippen LogP contribution in [0, 0.1) is 0 Å². The number of hydrogen-bond donors (Lipinski definition) is 1. The molecule has 0 bridgehead atoms. The summed E-state index contributed by atoms with van der Waals surface area (Å²) in [7, 11) is 0. The Morgan fingerprint density at radius 1 is 1.13 bits per heavy atom. The molecule has 1 N–H and O–H groups in total. The first kappa shape index (κ1) is 15.6. The van der Waals surface area contributed by atoms with E-state index in [0.29, 0.717) is 12.2 Å². The van der Waals surface area contributed by atoms with E-state index in [4.69, 9.17) is 0 Å². The fraction of sp³-hybridized carbons (Fsp3) is 0.222. The molecule has 2 aromatic rings. The maximum atomic E-state index is 12.1. The third-order valence-electron chi connectivity index (χ3n) is 3.63. The fourth-order valence-electron chi connectivity index (χ4n) is 2.54. The van der Waals surface area contributed by atoms with E-state index in [0.717, 1.165) is 29.2 Å². The van der Waals surface area contributed by atoms with Crippen molar-refractivity contribution in [2.45, 2.75) is 17.7 Å². The number of thioether (sulfide) groups is 1. The number of rotatable bonds is 5. The first-order chi connectivity index (χ1) is 11.2. The van der Waals surface area contributed by atoms with Crippen LogP contribution in [0.4, 0.5) is 11.4 Å². The van der Waals surface area contributed by atoms with Gasteiger partial charge in [0.2, 0.25) is 11.8 Å². The van der Waals surface area contributed by atoms with E-state index in [2.05, 4.69) is 5.32 Å². The average Bonchev–Trinajstić information content (AvgIpc) is 3.00. The molecule has 0 saturated carbocycles. The lowest BCUT2D eigenvalue weighted by molar-refractivity contribution is -0.117. The minimum absolute atomic E-state index is 0.0521. The highest BCUT2D eigenvalue weighted by Gasteiger charge is 2.21. The average molecular weight is 326 g/mol. The van der Waals surface area contributed by atoms with Crippen LogP contribution in [0.15, 0.2) is 59.5 Å². The van der Waals surface area contributed by atoms with Crippen LogP contribution in [0.5, 0.6) is 0 Å². The lowest BCUT2D eigenvalue weighted by atomic mass is 10.2. The van der Waals surface area contributed by atoms with Crippen molar-refractivity contribution in [1.82, 2.24) is 0 Å². The molecule has 1 aliphatic rings. The van der Waals surface area contributed by atoms with E-state index in [1.165, 1.54) is 11.8 Å². The van der Waals surface area contributed by atoms with Crippen molar-refractivity contribution in [2.75, 3.05) is 22.5 Å². The van der Waals surface area contributed by atoms with Gasteiger partial charge in [-0.05, 0) is 36.8 Å². The summed E-state index contributed by atoms with van der Waals surface area (Å²) < 4.78 is 0. The van der Waals surface area contributed by atoms with Crippen LogP contribution in [0.2, 0.25) is 0 Å². The predicted octanol–water partition coefficient (Wildman–Crippen LogP) is 3.54. The molecule has 1 aliphatic heterocycles. The minimum Gasteiger partial charge on any atom is -0.325 e. The predicted molar refractivity (Wildman–Crippen MR) is 93.8 cm³/mol. The summed E-state index contributed by atoms with van der Waals surface area (Å²) in [5.41, 5.74) is 1.57. The molecule has 0 aromatic heterocycles.